The lowest BCUT2D eigenvalue weighted by Crippen LogP contribution is -2.39. The van der Waals surface area contributed by atoms with Gasteiger partial charge < -0.3 is 4.74 Å². The summed E-state index contributed by atoms with van der Waals surface area (Å²) in [7, 11) is -2.05. The van der Waals surface area contributed by atoms with E-state index >= 15 is 0 Å². The van der Waals surface area contributed by atoms with E-state index in [9.17, 15) is 8.42 Å². The molecule has 1 aliphatic rings. The Hall–Kier alpha value is -0.980. The average Bonchev–Trinajstić information content (AvgIpc) is 2.39. The predicted molar refractivity (Wildman–Crippen MR) is 76.0 cm³/mol. The Morgan fingerprint density at radius 3 is 2.58 bits per heavy atom. The molecule has 1 N–H and O–H groups in total. The molecule has 0 aliphatic carbocycles. The van der Waals surface area contributed by atoms with Crippen LogP contribution in [0.3, 0.4) is 0 Å². The maximum atomic E-state index is 12.3. The molecule has 2 rings (SSSR count). The second-order valence-electron chi connectivity index (χ2n) is 4.41. The normalized spacial score (nSPS) is 17.2. The number of nitrogens with zero attached hydrogens (tertiary/aromatic N) is 1. The molecule has 0 unspecified atom stereocenters. The van der Waals surface area contributed by atoms with Gasteiger partial charge >= 0.3 is 10.2 Å². The first-order valence-corrected chi connectivity index (χ1v) is 7.96. The summed E-state index contributed by atoms with van der Waals surface area (Å²) in [6.07, 6.45) is 2.87. The minimum absolute atomic E-state index is 0.362. The molecule has 0 aromatic heterocycles. The Kier molecular flexibility index (Phi) is 4.54. The zero-order chi connectivity index (χ0) is 13.9. The van der Waals surface area contributed by atoms with Crippen molar-refractivity contribution in [2.45, 2.75) is 19.3 Å². The number of nitrogens with one attached hydrogen (secondary N) is 1. The smallest absolute Gasteiger partial charge is 0.301 e. The Morgan fingerprint density at radius 2 is 1.95 bits per heavy atom. The van der Waals surface area contributed by atoms with Crippen LogP contribution < -0.4 is 9.46 Å². The van der Waals surface area contributed by atoms with Gasteiger partial charge in [0, 0.05) is 18.1 Å². The molecular weight excluding hydrogens is 288 g/mol. The zero-order valence-electron chi connectivity index (χ0n) is 10.7. The van der Waals surface area contributed by atoms with Gasteiger partial charge in [-0.1, -0.05) is 18.0 Å². The molecule has 1 aliphatic heterocycles. The van der Waals surface area contributed by atoms with Gasteiger partial charge in [0.1, 0.15) is 5.75 Å². The Morgan fingerprint density at radius 1 is 1.26 bits per heavy atom. The van der Waals surface area contributed by atoms with Gasteiger partial charge in [0.05, 0.1) is 12.8 Å². The highest BCUT2D eigenvalue weighted by Gasteiger charge is 2.24. The van der Waals surface area contributed by atoms with Crippen LogP contribution in [0.4, 0.5) is 5.69 Å². The van der Waals surface area contributed by atoms with E-state index in [1.165, 1.54) is 11.4 Å². The molecule has 19 heavy (non-hydrogen) atoms. The topological polar surface area (TPSA) is 58.6 Å². The Balaban J connectivity index is 2.21. The third-order valence-corrected chi connectivity index (χ3v) is 4.81. The van der Waals surface area contributed by atoms with Gasteiger partial charge in [0.2, 0.25) is 0 Å². The number of ether oxygens (including phenoxy) is 1. The van der Waals surface area contributed by atoms with Crippen molar-refractivity contribution in [2.24, 2.45) is 0 Å². The van der Waals surface area contributed by atoms with E-state index < -0.39 is 10.2 Å². The standard InChI is InChI=1S/C12H17ClN2O3S/c1-18-12-6-5-10(13)9-11(12)14-19(16,17)15-7-3-2-4-8-15/h5-6,9,14H,2-4,7-8H2,1H3. The quantitative estimate of drug-likeness (QED) is 0.929. The maximum Gasteiger partial charge on any atom is 0.301 e. The summed E-state index contributed by atoms with van der Waals surface area (Å²) in [6.45, 7) is 1.11. The maximum absolute atomic E-state index is 12.3. The first kappa shape index (κ1) is 14.4. The van der Waals surface area contributed by atoms with Gasteiger partial charge in [-0.25, -0.2) is 0 Å². The molecule has 1 heterocycles. The van der Waals surface area contributed by atoms with Crippen molar-refractivity contribution in [3.05, 3.63) is 23.2 Å². The molecule has 1 aromatic carbocycles. The SMILES string of the molecule is COc1ccc(Cl)cc1NS(=O)(=O)N1CCCCC1. The predicted octanol–water partition coefficient (Wildman–Crippen LogP) is 2.49. The fourth-order valence-corrected chi connectivity index (χ4v) is 3.55. The number of halogens is 1. The van der Waals surface area contributed by atoms with Gasteiger partial charge in [0.25, 0.3) is 0 Å². The highest BCUT2D eigenvalue weighted by Crippen LogP contribution is 2.29. The van der Waals surface area contributed by atoms with Gasteiger partial charge in [0.15, 0.2) is 0 Å². The van der Waals surface area contributed by atoms with Gasteiger partial charge in [-0.15, -0.1) is 0 Å². The third kappa shape index (κ3) is 3.52. The van der Waals surface area contributed by atoms with Gasteiger partial charge in [-0.2, -0.15) is 12.7 Å². The molecule has 1 aromatic rings. The van der Waals surface area contributed by atoms with Crippen LogP contribution in [-0.4, -0.2) is 32.9 Å². The van der Waals surface area contributed by atoms with Crippen LogP contribution in [0.15, 0.2) is 18.2 Å². The fourth-order valence-electron chi connectivity index (χ4n) is 2.07. The Labute approximate surface area is 118 Å². The molecule has 0 amide bonds. The van der Waals surface area contributed by atoms with Crippen molar-refractivity contribution >= 4 is 27.5 Å². The van der Waals surface area contributed by atoms with Crippen LogP contribution in [0.25, 0.3) is 0 Å². The number of rotatable bonds is 4. The van der Waals surface area contributed by atoms with Crippen molar-refractivity contribution in [3.8, 4) is 5.75 Å². The first-order valence-electron chi connectivity index (χ1n) is 6.14. The number of hydrogen-bond acceptors (Lipinski definition) is 3. The molecular formula is C12H17ClN2O3S. The molecule has 1 saturated heterocycles. The second kappa shape index (κ2) is 5.98. The number of piperidine rings is 1. The summed E-state index contributed by atoms with van der Waals surface area (Å²) in [5.41, 5.74) is 0.362. The molecule has 0 saturated carbocycles. The number of methoxy groups -OCH3 is 1. The molecule has 1 fully saturated rings. The molecule has 5 nitrogen and oxygen atoms in total. The summed E-state index contributed by atoms with van der Waals surface area (Å²) >= 11 is 5.88. The summed E-state index contributed by atoms with van der Waals surface area (Å²) in [6, 6.07) is 4.83. The third-order valence-electron chi connectivity index (χ3n) is 3.06. The molecule has 106 valence electrons. The summed E-state index contributed by atoms with van der Waals surface area (Å²) < 4.78 is 33.6. The van der Waals surface area contributed by atoms with Crippen molar-refractivity contribution < 1.29 is 13.2 Å². The molecule has 7 heteroatoms. The van der Waals surface area contributed by atoms with E-state index in [1.807, 2.05) is 0 Å². The second-order valence-corrected chi connectivity index (χ2v) is 6.52. The molecule has 0 spiro atoms. The van der Waals surface area contributed by atoms with Crippen molar-refractivity contribution in [2.75, 3.05) is 24.9 Å². The largest absolute Gasteiger partial charge is 0.495 e. The van der Waals surface area contributed by atoms with Crippen molar-refractivity contribution in [1.29, 1.82) is 0 Å². The van der Waals surface area contributed by atoms with E-state index in [0.717, 1.165) is 19.3 Å². The highest BCUT2D eigenvalue weighted by molar-refractivity contribution is 7.90. The zero-order valence-corrected chi connectivity index (χ0v) is 12.3. The lowest BCUT2D eigenvalue weighted by Gasteiger charge is -2.26. The van der Waals surface area contributed by atoms with Crippen LogP contribution in [0, 0.1) is 0 Å². The van der Waals surface area contributed by atoms with E-state index in [1.54, 1.807) is 18.2 Å². The lowest BCUT2D eigenvalue weighted by atomic mass is 10.2. The van der Waals surface area contributed by atoms with Crippen molar-refractivity contribution in [1.82, 2.24) is 4.31 Å². The van der Waals surface area contributed by atoms with Crippen LogP contribution in [-0.2, 0) is 10.2 Å². The molecule has 0 atom stereocenters. The number of benzene rings is 1. The first-order chi connectivity index (χ1) is 9.03. The molecule has 0 radical (unpaired) electrons. The van der Waals surface area contributed by atoms with Crippen LogP contribution in [0.2, 0.25) is 5.02 Å². The van der Waals surface area contributed by atoms with Crippen LogP contribution in [0.1, 0.15) is 19.3 Å². The fraction of sp³-hybridized carbons (Fsp3) is 0.500. The van der Waals surface area contributed by atoms with E-state index in [2.05, 4.69) is 4.72 Å². The summed E-state index contributed by atoms with van der Waals surface area (Å²) in [5, 5.41) is 0.456. The summed E-state index contributed by atoms with van der Waals surface area (Å²) in [4.78, 5) is 0. The average molecular weight is 305 g/mol. The van der Waals surface area contributed by atoms with Crippen LogP contribution in [0.5, 0.6) is 5.75 Å². The van der Waals surface area contributed by atoms with Gasteiger partial charge in [-0.3, -0.25) is 4.72 Å². The summed E-state index contributed by atoms with van der Waals surface area (Å²) in [5.74, 6) is 0.449. The number of hydrogen-bond donors (Lipinski definition) is 1. The Bertz CT molecular complexity index is 542. The van der Waals surface area contributed by atoms with Crippen molar-refractivity contribution in [3.63, 3.8) is 0 Å². The minimum atomic E-state index is -3.54. The van der Waals surface area contributed by atoms with Crippen LogP contribution >= 0.6 is 11.6 Å². The van der Waals surface area contributed by atoms with E-state index in [4.69, 9.17) is 16.3 Å². The minimum Gasteiger partial charge on any atom is -0.495 e. The van der Waals surface area contributed by atoms with E-state index in [0.29, 0.717) is 29.5 Å². The number of anilines is 1. The molecule has 0 bridgehead atoms. The lowest BCUT2D eigenvalue weighted by molar-refractivity contribution is 0.348. The monoisotopic (exact) mass is 304 g/mol. The highest BCUT2D eigenvalue weighted by atomic mass is 35.5. The van der Waals surface area contributed by atoms with Gasteiger partial charge in [-0.05, 0) is 31.0 Å². The van der Waals surface area contributed by atoms with E-state index in [-0.39, 0.29) is 0 Å².